The number of aryl methyl sites for hydroxylation is 1. The van der Waals surface area contributed by atoms with Gasteiger partial charge in [0.25, 0.3) is 0 Å². The van der Waals surface area contributed by atoms with E-state index in [2.05, 4.69) is 37.3 Å². The number of fused-ring (bicyclic) bond motifs is 1. The van der Waals surface area contributed by atoms with Crippen LogP contribution in [0.5, 0.6) is 0 Å². The van der Waals surface area contributed by atoms with Crippen molar-refractivity contribution < 1.29 is 9.53 Å². The van der Waals surface area contributed by atoms with Gasteiger partial charge >= 0.3 is 5.97 Å². The molecule has 0 saturated heterocycles. The van der Waals surface area contributed by atoms with Gasteiger partial charge in [0.05, 0.1) is 12.1 Å². The zero-order valence-corrected chi connectivity index (χ0v) is 17.7. The predicted molar refractivity (Wildman–Crippen MR) is 122 cm³/mol. The molecule has 1 aliphatic rings. The molecule has 2 N–H and O–H groups in total. The third-order valence-corrected chi connectivity index (χ3v) is 5.62. The van der Waals surface area contributed by atoms with Crippen LogP contribution in [0.15, 0.2) is 48.5 Å². The molecule has 1 fully saturated rings. The van der Waals surface area contributed by atoms with Crippen LogP contribution in [-0.2, 0) is 22.5 Å². The van der Waals surface area contributed by atoms with Crippen LogP contribution in [0.25, 0.3) is 28.1 Å². The van der Waals surface area contributed by atoms with Crippen molar-refractivity contribution >= 4 is 22.9 Å². The Kier molecular flexibility index (Phi) is 5.96. The Hall–Kier alpha value is -2.98. The molecule has 1 aromatic heterocycles. The van der Waals surface area contributed by atoms with Crippen molar-refractivity contribution in [3.63, 3.8) is 0 Å². The molecule has 0 amide bonds. The molecule has 0 atom stereocenters. The number of rotatable bonds is 7. The van der Waals surface area contributed by atoms with Gasteiger partial charge in [-0.3, -0.25) is 4.98 Å². The minimum absolute atomic E-state index is 0.336. The lowest BCUT2D eigenvalue weighted by Gasteiger charge is -2.17. The highest BCUT2D eigenvalue weighted by molar-refractivity contribution is 5.98. The lowest BCUT2D eigenvalue weighted by molar-refractivity contribution is -0.137. The summed E-state index contributed by atoms with van der Waals surface area (Å²) in [5.41, 5.74) is 13.9. The van der Waals surface area contributed by atoms with Gasteiger partial charge in [0.15, 0.2) is 0 Å². The fraction of sp³-hybridized carbons (Fsp3) is 0.308. The predicted octanol–water partition coefficient (Wildman–Crippen LogP) is 5.20. The van der Waals surface area contributed by atoms with Crippen molar-refractivity contribution in [3.05, 3.63) is 70.9 Å². The van der Waals surface area contributed by atoms with Gasteiger partial charge in [-0.15, -0.1) is 0 Å². The number of hydrogen-bond acceptors (Lipinski definition) is 4. The average molecular weight is 401 g/mol. The molecule has 1 saturated carbocycles. The monoisotopic (exact) mass is 400 g/mol. The Morgan fingerprint density at radius 2 is 1.97 bits per heavy atom. The number of hydrogen-bond donors (Lipinski definition) is 1. The molecule has 1 heterocycles. The van der Waals surface area contributed by atoms with E-state index in [1.165, 1.54) is 24.5 Å². The largest absolute Gasteiger partial charge is 0.463 e. The van der Waals surface area contributed by atoms with Gasteiger partial charge in [0, 0.05) is 23.7 Å². The number of esters is 1. The van der Waals surface area contributed by atoms with Gasteiger partial charge in [-0.2, -0.15) is 0 Å². The van der Waals surface area contributed by atoms with Crippen molar-refractivity contribution in [3.8, 4) is 11.1 Å². The molecule has 30 heavy (non-hydrogen) atoms. The first-order chi connectivity index (χ1) is 14.6. The van der Waals surface area contributed by atoms with Crippen molar-refractivity contribution in [2.75, 3.05) is 6.61 Å². The second-order valence-electron chi connectivity index (χ2n) is 7.99. The van der Waals surface area contributed by atoms with Crippen molar-refractivity contribution in [1.82, 2.24) is 4.98 Å². The molecule has 3 aromatic rings. The molecule has 0 unspecified atom stereocenters. The highest BCUT2D eigenvalue weighted by Crippen LogP contribution is 2.38. The quantitative estimate of drug-likeness (QED) is 0.437. The fourth-order valence-electron chi connectivity index (χ4n) is 3.86. The number of carbonyl (C=O) groups excluding carboxylic acids is 1. The second-order valence-corrected chi connectivity index (χ2v) is 7.99. The van der Waals surface area contributed by atoms with Crippen LogP contribution in [-0.4, -0.2) is 17.6 Å². The Balaban J connectivity index is 1.87. The Labute approximate surface area is 177 Å². The Morgan fingerprint density at radius 1 is 1.20 bits per heavy atom. The Bertz CT molecular complexity index is 1100. The van der Waals surface area contributed by atoms with Gasteiger partial charge < -0.3 is 10.5 Å². The molecule has 0 spiro atoms. The van der Waals surface area contributed by atoms with Gasteiger partial charge in [-0.05, 0) is 79.5 Å². The lowest BCUT2D eigenvalue weighted by Crippen LogP contribution is -2.08. The molecular weight excluding hydrogens is 372 g/mol. The van der Waals surface area contributed by atoms with Gasteiger partial charge in [0.1, 0.15) is 0 Å². The normalized spacial score (nSPS) is 13.8. The molecule has 1 aliphatic carbocycles. The van der Waals surface area contributed by atoms with Gasteiger partial charge in [-0.25, -0.2) is 4.79 Å². The summed E-state index contributed by atoms with van der Waals surface area (Å²) in [6.07, 6.45) is 6.81. The van der Waals surface area contributed by atoms with Gasteiger partial charge in [-0.1, -0.05) is 35.9 Å². The summed E-state index contributed by atoms with van der Waals surface area (Å²) in [6.45, 7) is 4.72. The number of nitrogens with zero attached hydrogens (tertiary/aromatic N) is 1. The van der Waals surface area contributed by atoms with E-state index in [0.717, 1.165) is 51.2 Å². The first-order valence-electron chi connectivity index (χ1n) is 10.7. The van der Waals surface area contributed by atoms with E-state index in [0.29, 0.717) is 13.2 Å². The summed E-state index contributed by atoms with van der Waals surface area (Å²) in [7, 11) is 0. The van der Waals surface area contributed by atoms with Crippen LogP contribution in [0.2, 0.25) is 0 Å². The summed E-state index contributed by atoms with van der Waals surface area (Å²) >= 11 is 0. The zero-order valence-electron chi connectivity index (χ0n) is 17.7. The number of pyridine rings is 1. The number of ether oxygens (including phenoxy) is 1. The van der Waals surface area contributed by atoms with Crippen LogP contribution in [0, 0.1) is 12.8 Å². The molecule has 0 aliphatic heterocycles. The van der Waals surface area contributed by atoms with Crippen molar-refractivity contribution in [1.29, 1.82) is 0 Å². The van der Waals surface area contributed by atoms with E-state index in [-0.39, 0.29) is 5.97 Å². The van der Waals surface area contributed by atoms with E-state index in [1.807, 2.05) is 12.1 Å². The van der Waals surface area contributed by atoms with E-state index < -0.39 is 0 Å². The van der Waals surface area contributed by atoms with E-state index in [1.54, 1.807) is 13.0 Å². The van der Waals surface area contributed by atoms with E-state index >= 15 is 0 Å². The number of benzene rings is 2. The summed E-state index contributed by atoms with van der Waals surface area (Å²) in [5, 5.41) is 1.06. The maximum absolute atomic E-state index is 11.7. The molecular formula is C26H28N2O2. The smallest absolute Gasteiger partial charge is 0.330 e. The fourth-order valence-corrected chi connectivity index (χ4v) is 3.86. The van der Waals surface area contributed by atoms with Crippen LogP contribution in [0.1, 0.15) is 42.1 Å². The minimum atomic E-state index is -0.336. The highest BCUT2D eigenvalue weighted by Gasteiger charge is 2.25. The highest BCUT2D eigenvalue weighted by atomic mass is 16.5. The number of nitrogens with two attached hydrogens (primary N) is 1. The zero-order chi connectivity index (χ0) is 21.1. The molecule has 2 aromatic carbocycles. The summed E-state index contributed by atoms with van der Waals surface area (Å²) in [4.78, 5) is 16.7. The van der Waals surface area contributed by atoms with Crippen LogP contribution >= 0.6 is 0 Å². The summed E-state index contributed by atoms with van der Waals surface area (Å²) < 4.78 is 5.00. The summed E-state index contributed by atoms with van der Waals surface area (Å²) in [5.74, 6) is 0.398. The second kappa shape index (κ2) is 8.80. The molecule has 4 heteroatoms. The molecule has 4 rings (SSSR count). The topological polar surface area (TPSA) is 65.2 Å². The maximum Gasteiger partial charge on any atom is 0.330 e. The third-order valence-electron chi connectivity index (χ3n) is 5.62. The van der Waals surface area contributed by atoms with E-state index in [4.69, 9.17) is 15.5 Å². The molecule has 4 nitrogen and oxygen atoms in total. The number of carbonyl (C=O) groups is 1. The molecule has 0 bridgehead atoms. The van der Waals surface area contributed by atoms with Crippen molar-refractivity contribution in [2.45, 2.75) is 39.7 Å². The van der Waals surface area contributed by atoms with Crippen LogP contribution in [0.3, 0.4) is 0 Å². The third kappa shape index (κ3) is 4.44. The average Bonchev–Trinajstić information content (AvgIpc) is 3.56. The summed E-state index contributed by atoms with van der Waals surface area (Å²) in [6, 6.07) is 14.7. The van der Waals surface area contributed by atoms with Crippen LogP contribution in [0.4, 0.5) is 0 Å². The molecule has 154 valence electrons. The first-order valence-corrected chi connectivity index (χ1v) is 10.7. The number of aromatic nitrogens is 1. The van der Waals surface area contributed by atoms with Gasteiger partial charge in [0.2, 0.25) is 0 Å². The lowest BCUT2D eigenvalue weighted by atomic mass is 9.91. The minimum Gasteiger partial charge on any atom is -0.463 e. The van der Waals surface area contributed by atoms with E-state index in [9.17, 15) is 4.79 Å². The Morgan fingerprint density at radius 3 is 2.63 bits per heavy atom. The van der Waals surface area contributed by atoms with Crippen LogP contribution < -0.4 is 5.73 Å². The molecule has 0 radical (unpaired) electrons. The van der Waals surface area contributed by atoms with Crippen molar-refractivity contribution in [2.24, 2.45) is 11.7 Å². The standard InChI is InChI=1S/C26H28N2O2/c1-3-30-25(29)13-9-18-8-12-23-21(14-18)26(20-10-4-17(2)5-11-20)22(16-27)24(28-23)15-19-6-7-19/h4-5,8-14,19H,3,6-7,15-16,27H2,1-2H3/b13-9+. The maximum atomic E-state index is 11.7. The SMILES string of the molecule is CCOC(=O)/C=C/c1ccc2nc(CC3CC3)c(CN)c(-c3ccc(C)cc3)c2c1. The first kappa shape index (κ1) is 20.3.